The van der Waals surface area contributed by atoms with Gasteiger partial charge in [0.15, 0.2) is 5.17 Å². The Morgan fingerprint density at radius 2 is 2.00 bits per heavy atom. The third-order valence-electron chi connectivity index (χ3n) is 4.21. The molecule has 0 radical (unpaired) electrons. The van der Waals surface area contributed by atoms with Crippen LogP contribution in [0, 0.1) is 5.92 Å². The van der Waals surface area contributed by atoms with Crippen LogP contribution < -0.4 is 0 Å². The summed E-state index contributed by atoms with van der Waals surface area (Å²) in [5.74, 6) is 1.95. The summed E-state index contributed by atoms with van der Waals surface area (Å²) < 4.78 is 0. The zero-order valence-electron chi connectivity index (χ0n) is 12.0. The number of thioether (sulfide) groups is 1. The van der Waals surface area contributed by atoms with Gasteiger partial charge in [0.25, 0.3) is 0 Å². The van der Waals surface area contributed by atoms with E-state index in [1.54, 1.807) is 6.07 Å². The van der Waals surface area contributed by atoms with Gasteiger partial charge in [-0.2, -0.15) is 0 Å². The number of benzene rings is 1. The molecule has 21 heavy (non-hydrogen) atoms. The van der Waals surface area contributed by atoms with Crippen molar-refractivity contribution < 1.29 is 0 Å². The highest BCUT2D eigenvalue weighted by atomic mass is 35.5. The van der Waals surface area contributed by atoms with Crippen LogP contribution in [-0.2, 0) is 0 Å². The molecule has 0 bridgehead atoms. The molecule has 1 saturated heterocycles. The van der Waals surface area contributed by atoms with Gasteiger partial charge >= 0.3 is 0 Å². The zero-order chi connectivity index (χ0) is 14.7. The summed E-state index contributed by atoms with van der Waals surface area (Å²) in [5.41, 5.74) is 0.780. The maximum Gasteiger partial charge on any atom is 0.164 e. The number of aliphatic imine (C=N–C) groups is 1. The molecule has 5 heteroatoms. The van der Waals surface area contributed by atoms with E-state index in [1.165, 1.54) is 32.1 Å². The molecule has 2 aliphatic rings. The minimum absolute atomic E-state index is 0.553. The SMILES string of the molecule is Clc1cccc(N=C2SCCN2CC2CCCCC2)c1Cl. The Hall–Kier alpha value is -0.380. The van der Waals surface area contributed by atoms with Crippen molar-refractivity contribution >= 4 is 45.8 Å². The molecule has 1 aromatic rings. The number of nitrogens with zero attached hydrogens (tertiary/aromatic N) is 2. The van der Waals surface area contributed by atoms with Gasteiger partial charge in [-0.25, -0.2) is 4.99 Å². The zero-order valence-corrected chi connectivity index (χ0v) is 14.4. The number of rotatable bonds is 3. The van der Waals surface area contributed by atoms with Crippen molar-refractivity contribution in [3.05, 3.63) is 28.2 Å². The van der Waals surface area contributed by atoms with Gasteiger partial charge in [0.1, 0.15) is 0 Å². The van der Waals surface area contributed by atoms with Crippen molar-refractivity contribution in [3.63, 3.8) is 0 Å². The summed E-state index contributed by atoms with van der Waals surface area (Å²) in [6, 6.07) is 5.63. The average molecular weight is 343 g/mol. The molecule has 1 aliphatic carbocycles. The number of hydrogen-bond donors (Lipinski definition) is 0. The molecule has 114 valence electrons. The number of hydrogen-bond acceptors (Lipinski definition) is 2. The molecule has 1 saturated carbocycles. The van der Waals surface area contributed by atoms with Crippen LogP contribution in [0.3, 0.4) is 0 Å². The van der Waals surface area contributed by atoms with E-state index in [-0.39, 0.29) is 0 Å². The average Bonchev–Trinajstić information content (AvgIpc) is 2.92. The second-order valence-electron chi connectivity index (χ2n) is 5.77. The van der Waals surface area contributed by atoms with Crippen molar-refractivity contribution in [2.24, 2.45) is 10.9 Å². The fourth-order valence-electron chi connectivity index (χ4n) is 3.07. The summed E-state index contributed by atoms with van der Waals surface area (Å²) in [6.45, 7) is 2.24. The first-order valence-electron chi connectivity index (χ1n) is 7.64. The maximum absolute atomic E-state index is 6.24. The lowest BCUT2D eigenvalue weighted by Gasteiger charge is -2.27. The fraction of sp³-hybridized carbons (Fsp3) is 0.562. The predicted molar refractivity (Wildman–Crippen MR) is 94.2 cm³/mol. The van der Waals surface area contributed by atoms with Gasteiger partial charge in [0, 0.05) is 18.8 Å². The van der Waals surface area contributed by atoms with Gasteiger partial charge in [0.2, 0.25) is 0 Å². The highest BCUT2D eigenvalue weighted by molar-refractivity contribution is 8.14. The van der Waals surface area contributed by atoms with Gasteiger partial charge in [-0.3, -0.25) is 0 Å². The second-order valence-corrected chi connectivity index (χ2v) is 7.61. The summed E-state index contributed by atoms with van der Waals surface area (Å²) in [7, 11) is 0. The topological polar surface area (TPSA) is 15.6 Å². The lowest BCUT2D eigenvalue weighted by atomic mass is 9.89. The Morgan fingerprint density at radius 1 is 1.19 bits per heavy atom. The molecule has 0 amide bonds. The van der Waals surface area contributed by atoms with Crippen molar-refractivity contribution in [2.45, 2.75) is 32.1 Å². The highest BCUT2D eigenvalue weighted by Gasteiger charge is 2.24. The van der Waals surface area contributed by atoms with E-state index < -0.39 is 0 Å². The molecular formula is C16H20Cl2N2S. The molecule has 2 fully saturated rings. The van der Waals surface area contributed by atoms with Crippen molar-refractivity contribution in [1.82, 2.24) is 4.90 Å². The fourth-order valence-corrected chi connectivity index (χ4v) is 4.41. The summed E-state index contributed by atoms with van der Waals surface area (Å²) in [6.07, 6.45) is 6.92. The van der Waals surface area contributed by atoms with Crippen molar-refractivity contribution in [1.29, 1.82) is 0 Å². The Labute approximate surface area is 140 Å². The van der Waals surface area contributed by atoms with Gasteiger partial charge < -0.3 is 4.90 Å². The van der Waals surface area contributed by atoms with Crippen molar-refractivity contribution in [3.8, 4) is 0 Å². The van der Waals surface area contributed by atoms with Crippen molar-refractivity contribution in [2.75, 3.05) is 18.8 Å². The van der Waals surface area contributed by atoms with E-state index >= 15 is 0 Å². The largest absolute Gasteiger partial charge is 0.350 e. The first kappa shape index (κ1) is 15.5. The summed E-state index contributed by atoms with van der Waals surface area (Å²) >= 11 is 14.1. The van der Waals surface area contributed by atoms with Crippen LogP contribution in [0.1, 0.15) is 32.1 Å². The lowest BCUT2D eigenvalue weighted by molar-refractivity contribution is 0.286. The lowest BCUT2D eigenvalue weighted by Crippen LogP contribution is -2.31. The van der Waals surface area contributed by atoms with Crippen LogP contribution in [0.25, 0.3) is 0 Å². The standard InChI is InChI=1S/C16H20Cl2N2S/c17-13-7-4-8-14(15(13)18)19-16-20(9-10-21-16)11-12-5-2-1-3-6-12/h4,7-8,12H,1-3,5-6,9-11H2. The molecule has 1 heterocycles. The Balaban J connectivity index is 1.73. The molecule has 0 spiro atoms. The third kappa shape index (κ3) is 3.88. The highest BCUT2D eigenvalue weighted by Crippen LogP contribution is 2.34. The van der Waals surface area contributed by atoms with E-state index in [0.717, 1.165) is 35.6 Å². The number of halogens is 2. The van der Waals surface area contributed by atoms with Crippen LogP contribution >= 0.6 is 35.0 Å². The Morgan fingerprint density at radius 3 is 2.81 bits per heavy atom. The number of amidine groups is 1. The van der Waals surface area contributed by atoms with Gasteiger partial charge in [0.05, 0.1) is 15.7 Å². The van der Waals surface area contributed by atoms with Gasteiger partial charge in [-0.05, 0) is 30.9 Å². The van der Waals surface area contributed by atoms with Gasteiger partial charge in [-0.1, -0.05) is 60.3 Å². The molecule has 0 unspecified atom stereocenters. The summed E-state index contributed by atoms with van der Waals surface area (Å²) in [5, 5.41) is 2.22. The molecular weight excluding hydrogens is 323 g/mol. The summed E-state index contributed by atoms with van der Waals surface area (Å²) in [4.78, 5) is 7.18. The minimum Gasteiger partial charge on any atom is -0.350 e. The first-order valence-corrected chi connectivity index (χ1v) is 9.38. The van der Waals surface area contributed by atoms with E-state index in [2.05, 4.69) is 4.90 Å². The normalized spacial score (nSPS) is 22.2. The molecule has 0 N–H and O–H groups in total. The van der Waals surface area contributed by atoms with E-state index in [9.17, 15) is 0 Å². The molecule has 3 rings (SSSR count). The van der Waals surface area contributed by atoms with Crippen LogP contribution in [0.4, 0.5) is 5.69 Å². The maximum atomic E-state index is 6.24. The second kappa shape index (κ2) is 7.26. The van der Waals surface area contributed by atoms with Crippen LogP contribution in [0.5, 0.6) is 0 Å². The Kier molecular flexibility index (Phi) is 5.36. The van der Waals surface area contributed by atoms with E-state index in [0.29, 0.717) is 10.0 Å². The smallest absolute Gasteiger partial charge is 0.164 e. The monoisotopic (exact) mass is 342 g/mol. The molecule has 1 aliphatic heterocycles. The molecule has 1 aromatic carbocycles. The van der Waals surface area contributed by atoms with Crippen LogP contribution in [-0.4, -0.2) is 28.9 Å². The quantitative estimate of drug-likeness (QED) is 0.709. The Bertz CT molecular complexity index is 527. The van der Waals surface area contributed by atoms with Gasteiger partial charge in [-0.15, -0.1) is 0 Å². The minimum atomic E-state index is 0.553. The van der Waals surface area contributed by atoms with E-state index in [1.807, 2.05) is 23.9 Å². The molecule has 2 nitrogen and oxygen atoms in total. The third-order valence-corrected chi connectivity index (χ3v) is 6.02. The van der Waals surface area contributed by atoms with E-state index in [4.69, 9.17) is 28.2 Å². The van der Waals surface area contributed by atoms with Crippen LogP contribution in [0.15, 0.2) is 23.2 Å². The predicted octanol–water partition coefficient (Wildman–Crippen LogP) is 5.61. The molecule has 0 atom stereocenters. The first-order chi connectivity index (χ1) is 10.2. The molecule has 0 aromatic heterocycles. The van der Waals surface area contributed by atoms with Crippen LogP contribution in [0.2, 0.25) is 10.0 Å².